The van der Waals surface area contributed by atoms with Crippen LogP contribution in [0.1, 0.15) is 43.9 Å². The maximum atomic E-state index is 13.8. The van der Waals surface area contributed by atoms with Gasteiger partial charge in [0.2, 0.25) is 0 Å². The Morgan fingerprint density at radius 1 is 1.17 bits per heavy atom. The van der Waals surface area contributed by atoms with Crippen LogP contribution in [0.2, 0.25) is 0 Å². The molecule has 0 fully saturated rings. The predicted octanol–water partition coefficient (Wildman–Crippen LogP) is 4.10. The number of fused-ring (bicyclic) bond motifs is 1. The molecular formula is C25H30F3N3O5. The van der Waals surface area contributed by atoms with Crippen molar-refractivity contribution < 1.29 is 32.2 Å². The number of benzene rings is 1. The third kappa shape index (κ3) is 6.00. The monoisotopic (exact) mass is 509 g/mol. The van der Waals surface area contributed by atoms with E-state index in [-0.39, 0.29) is 13.0 Å². The minimum absolute atomic E-state index is 0.0296. The van der Waals surface area contributed by atoms with Crippen molar-refractivity contribution in [1.82, 2.24) is 9.88 Å². The molecule has 1 amide bonds. The Balaban J connectivity index is 2.03. The van der Waals surface area contributed by atoms with E-state index in [0.717, 1.165) is 16.8 Å². The highest BCUT2D eigenvalue weighted by molar-refractivity contribution is 5.82. The molecule has 2 aromatic rings. The van der Waals surface area contributed by atoms with Gasteiger partial charge in [0.25, 0.3) is 5.56 Å². The minimum atomic E-state index is -4.72. The first-order chi connectivity index (χ1) is 16.7. The van der Waals surface area contributed by atoms with E-state index in [1.807, 2.05) is 0 Å². The van der Waals surface area contributed by atoms with E-state index in [4.69, 9.17) is 9.47 Å². The highest BCUT2D eigenvalue weighted by atomic mass is 19.4. The molecule has 2 heterocycles. The van der Waals surface area contributed by atoms with Gasteiger partial charge in [-0.2, -0.15) is 13.2 Å². The second-order valence-corrected chi connectivity index (χ2v) is 9.59. The van der Waals surface area contributed by atoms with Crippen LogP contribution in [0.4, 0.5) is 29.3 Å². The molecule has 36 heavy (non-hydrogen) atoms. The topological polar surface area (TPSA) is 89.9 Å². The molecule has 0 bridgehead atoms. The average molecular weight is 510 g/mol. The third-order valence-electron chi connectivity index (χ3n) is 5.77. The number of rotatable bonds is 5. The molecule has 1 N–H and O–H groups in total. The average Bonchev–Trinajstić information content (AvgIpc) is 2.77. The van der Waals surface area contributed by atoms with Crippen molar-refractivity contribution in [3.8, 4) is 0 Å². The third-order valence-corrected chi connectivity index (χ3v) is 5.77. The number of ether oxygens (including phenoxy) is 2. The van der Waals surface area contributed by atoms with E-state index in [2.05, 4.69) is 5.32 Å². The molecule has 8 nitrogen and oxygen atoms in total. The molecule has 196 valence electrons. The minimum Gasteiger partial charge on any atom is -0.467 e. The summed E-state index contributed by atoms with van der Waals surface area (Å²) < 4.78 is 52.7. The van der Waals surface area contributed by atoms with E-state index < -0.39 is 46.7 Å². The first-order valence-electron chi connectivity index (χ1n) is 11.5. The van der Waals surface area contributed by atoms with Crippen molar-refractivity contribution in [1.29, 1.82) is 0 Å². The molecule has 1 atom stereocenters. The van der Waals surface area contributed by atoms with Crippen LogP contribution < -0.4 is 15.8 Å². The number of esters is 1. The van der Waals surface area contributed by atoms with Crippen LogP contribution in [0.25, 0.3) is 0 Å². The number of hydrogen-bond donors (Lipinski definition) is 1. The zero-order chi connectivity index (χ0) is 26.8. The smallest absolute Gasteiger partial charge is 0.418 e. The van der Waals surface area contributed by atoms with Gasteiger partial charge in [-0.25, -0.2) is 9.59 Å². The standard InChI is InChI=1S/C25H30F3N3O5/c1-24(2,3)36-23(34)29-18(22(33)35-5)14-15-8-6-10-19-16(15)9-7-12-31(19)20-17(25(26,27)28)11-13-30(4)21(20)32/h6,8,10-11,13,18H,7,9,12,14H2,1-5H3,(H,29,34)/t18-/m0/s1. The number of anilines is 2. The van der Waals surface area contributed by atoms with E-state index >= 15 is 0 Å². The van der Waals surface area contributed by atoms with Crippen LogP contribution >= 0.6 is 0 Å². The van der Waals surface area contributed by atoms with Crippen molar-refractivity contribution in [2.45, 2.75) is 57.9 Å². The van der Waals surface area contributed by atoms with Crippen molar-refractivity contribution >= 4 is 23.4 Å². The predicted molar refractivity (Wildman–Crippen MR) is 127 cm³/mol. The van der Waals surface area contributed by atoms with E-state index in [1.54, 1.807) is 39.0 Å². The normalized spacial score (nSPS) is 14.6. The van der Waals surface area contributed by atoms with Gasteiger partial charge >= 0.3 is 18.2 Å². The zero-order valence-corrected chi connectivity index (χ0v) is 20.9. The Morgan fingerprint density at radius 3 is 2.47 bits per heavy atom. The van der Waals surface area contributed by atoms with Gasteiger partial charge in [-0.3, -0.25) is 4.79 Å². The summed E-state index contributed by atoms with van der Waals surface area (Å²) >= 11 is 0. The number of alkyl carbamates (subject to hydrolysis) is 1. The number of pyridine rings is 1. The number of aromatic nitrogens is 1. The molecular weight excluding hydrogens is 479 g/mol. The van der Waals surface area contributed by atoms with Crippen molar-refractivity contribution in [2.75, 3.05) is 18.6 Å². The highest BCUT2D eigenvalue weighted by Gasteiger charge is 2.38. The largest absolute Gasteiger partial charge is 0.467 e. The number of halogens is 3. The van der Waals surface area contributed by atoms with Gasteiger partial charge in [0.1, 0.15) is 17.3 Å². The molecule has 0 saturated heterocycles. The van der Waals surface area contributed by atoms with Crippen molar-refractivity contribution in [3.05, 3.63) is 57.5 Å². The summed E-state index contributed by atoms with van der Waals surface area (Å²) in [6.07, 6.45) is -3.38. The van der Waals surface area contributed by atoms with Gasteiger partial charge in [-0.05, 0) is 56.9 Å². The quantitative estimate of drug-likeness (QED) is 0.611. The molecule has 11 heteroatoms. The Labute approximate surface area is 207 Å². The lowest BCUT2D eigenvalue weighted by atomic mass is 9.92. The molecule has 1 aromatic carbocycles. The number of methoxy groups -OCH3 is 1. The molecule has 3 rings (SSSR count). The van der Waals surface area contributed by atoms with E-state index in [0.29, 0.717) is 29.7 Å². The van der Waals surface area contributed by atoms with Crippen LogP contribution in [0.15, 0.2) is 35.3 Å². The summed E-state index contributed by atoms with van der Waals surface area (Å²) in [6, 6.07) is 4.85. The molecule has 1 aromatic heterocycles. The summed E-state index contributed by atoms with van der Waals surface area (Å²) in [6.45, 7) is 5.27. The van der Waals surface area contributed by atoms with Crippen molar-refractivity contribution in [3.63, 3.8) is 0 Å². The molecule has 1 aliphatic rings. The van der Waals surface area contributed by atoms with Crippen LogP contribution in [-0.4, -0.2) is 41.9 Å². The molecule has 0 unspecified atom stereocenters. The Kier molecular flexibility index (Phi) is 7.70. The number of aryl methyl sites for hydroxylation is 1. The van der Waals surface area contributed by atoms with E-state index in [9.17, 15) is 27.6 Å². The molecule has 0 aliphatic carbocycles. The fraction of sp³-hybridized carbons (Fsp3) is 0.480. The number of nitrogens with zero attached hydrogens (tertiary/aromatic N) is 2. The summed E-state index contributed by atoms with van der Waals surface area (Å²) in [7, 11) is 2.59. The molecule has 0 saturated carbocycles. The molecule has 1 aliphatic heterocycles. The summed E-state index contributed by atoms with van der Waals surface area (Å²) in [5.74, 6) is -0.692. The number of hydrogen-bond acceptors (Lipinski definition) is 6. The fourth-order valence-electron chi connectivity index (χ4n) is 4.23. The fourth-order valence-corrected chi connectivity index (χ4v) is 4.23. The van der Waals surface area contributed by atoms with Crippen LogP contribution in [-0.2, 0) is 40.3 Å². The summed E-state index contributed by atoms with van der Waals surface area (Å²) in [5, 5.41) is 2.52. The SMILES string of the molecule is COC(=O)[C@H](Cc1cccc2c1CCCN2c1c(C(F)(F)F)ccn(C)c1=O)NC(=O)OC(C)(C)C. The number of carbonyl (C=O) groups excluding carboxylic acids is 2. The Hall–Kier alpha value is -3.50. The second-order valence-electron chi connectivity index (χ2n) is 9.59. The molecule has 0 radical (unpaired) electrons. The highest BCUT2D eigenvalue weighted by Crippen LogP contribution is 2.40. The van der Waals surface area contributed by atoms with Gasteiger partial charge in [0.05, 0.1) is 12.7 Å². The zero-order valence-electron chi connectivity index (χ0n) is 20.9. The number of alkyl halides is 3. The van der Waals surface area contributed by atoms with Crippen LogP contribution in [0.3, 0.4) is 0 Å². The summed E-state index contributed by atoms with van der Waals surface area (Å²) in [5.41, 5.74) is -1.21. The second kappa shape index (κ2) is 10.2. The summed E-state index contributed by atoms with van der Waals surface area (Å²) in [4.78, 5) is 39.0. The molecule has 0 spiro atoms. The van der Waals surface area contributed by atoms with Crippen LogP contribution in [0.5, 0.6) is 0 Å². The number of nitrogens with one attached hydrogen (secondary N) is 1. The first kappa shape index (κ1) is 27.1. The Morgan fingerprint density at radius 2 is 1.86 bits per heavy atom. The maximum absolute atomic E-state index is 13.8. The van der Waals surface area contributed by atoms with Crippen molar-refractivity contribution in [2.24, 2.45) is 7.05 Å². The Bertz CT molecular complexity index is 1200. The van der Waals surface area contributed by atoms with Gasteiger partial charge < -0.3 is 24.3 Å². The maximum Gasteiger partial charge on any atom is 0.418 e. The van der Waals surface area contributed by atoms with Gasteiger partial charge in [0, 0.05) is 31.9 Å². The lowest BCUT2D eigenvalue weighted by Crippen LogP contribution is -2.45. The van der Waals surface area contributed by atoms with Gasteiger partial charge in [-0.1, -0.05) is 12.1 Å². The van der Waals surface area contributed by atoms with E-state index in [1.165, 1.54) is 19.1 Å². The number of carbonyl (C=O) groups is 2. The van der Waals surface area contributed by atoms with Gasteiger partial charge in [-0.15, -0.1) is 0 Å². The first-order valence-corrected chi connectivity index (χ1v) is 11.5. The number of amides is 1. The van der Waals surface area contributed by atoms with Gasteiger partial charge in [0.15, 0.2) is 0 Å². The lowest BCUT2D eigenvalue weighted by Gasteiger charge is -2.34. The van der Waals surface area contributed by atoms with Crippen LogP contribution in [0, 0.1) is 0 Å². The lowest BCUT2D eigenvalue weighted by molar-refractivity contribution is -0.143.